The molecular weight excluding hydrogens is 168 g/mol. The maximum atomic E-state index is 11.2. The highest BCUT2D eigenvalue weighted by Gasteiger charge is 2.04. The first kappa shape index (κ1) is 7.79. The number of fused-ring (bicyclic) bond motifs is 1. The van der Waals surface area contributed by atoms with Crippen molar-refractivity contribution in [1.82, 2.24) is 9.55 Å². The Kier molecular flexibility index (Phi) is 1.55. The molecule has 0 radical (unpaired) electrons. The van der Waals surface area contributed by atoms with Crippen molar-refractivity contribution in [3.8, 4) is 5.75 Å². The number of aryl methyl sites for hydroxylation is 1. The molecule has 0 aliphatic rings. The van der Waals surface area contributed by atoms with Gasteiger partial charge in [0.15, 0.2) is 0 Å². The lowest BCUT2D eigenvalue weighted by Crippen LogP contribution is -2.16. The van der Waals surface area contributed by atoms with Crippen LogP contribution in [0.25, 0.3) is 11.0 Å². The Morgan fingerprint density at radius 1 is 1.54 bits per heavy atom. The zero-order valence-corrected chi connectivity index (χ0v) is 7.06. The summed E-state index contributed by atoms with van der Waals surface area (Å²) in [5.41, 5.74) is 0.233. The predicted molar refractivity (Wildman–Crippen MR) is 48.6 cm³/mol. The fourth-order valence-electron chi connectivity index (χ4n) is 1.26. The lowest BCUT2D eigenvalue weighted by atomic mass is 10.2. The van der Waals surface area contributed by atoms with Gasteiger partial charge in [-0.2, -0.15) is 0 Å². The molecule has 0 atom stereocenters. The average Bonchev–Trinajstić information content (AvgIpc) is 2.15. The third-order valence-electron chi connectivity index (χ3n) is 1.97. The maximum absolute atomic E-state index is 11.2. The van der Waals surface area contributed by atoms with Gasteiger partial charge >= 0.3 is 0 Å². The summed E-state index contributed by atoms with van der Waals surface area (Å²) >= 11 is 0. The van der Waals surface area contributed by atoms with Gasteiger partial charge in [-0.1, -0.05) is 0 Å². The van der Waals surface area contributed by atoms with Crippen LogP contribution in [0.1, 0.15) is 0 Å². The summed E-state index contributed by atoms with van der Waals surface area (Å²) in [6.07, 6.45) is 1.58. The molecule has 0 bridgehead atoms. The summed E-state index contributed by atoms with van der Waals surface area (Å²) in [5, 5.41) is 10.0. The van der Waals surface area contributed by atoms with E-state index in [1.165, 1.54) is 10.6 Å². The normalized spacial score (nSPS) is 10.5. The zero-order chi connectivity index (χ0) is 9.42. The molecule has 0 aliphatic heterocycles. The lowest BCUT2D eigenvalue weighted by molar-refractivity contribution is 0.479. The number of hydrogen-bond acceptors (Lipinski definition) is 3. The second kappa shape index (κ2) is 2.58. The number of aromatic nitrogens is 2. The van der Waals surface area contributed by atoms with E-state index in [0.29, 0.717) is 11.0 Å². The monoisotopic (exact) mass is 176 g/mol. The summed E-state index contributed by atoms with van der Waals surface area (Å²) in [6, 6.07) is 4.62. The van der Waals surface area contributed by atoms with Crippen molar-refractivity contribution < 1.29 is 5.11 Å². The molecule has 2 heterocycles. The maximum Gasteiger partial charge on any atom is 0.255 e. The molecule has 66 valence electrons. The largest absolute Gasteiger partial charge is 0.507 e. The van der Waals surface area contributed by atoms with E-state index in [1.54, 1.807) is 25.4 Å². The molecule has 0 aromatic carbocycles. The van der Waals surface area contributed by atoms with E-state index in [2.05, 4.69) is 4.98 Å². The van der Waals surface area contributed by atoms with Gasteiger partial charge in [0.2, 0.25) is 0 Å². The molecule has 2 rings (SSSR count). The molecule has 0 saturated heterocycles. The third-order valence-corrected chi connectivity index (χ3v) is 1.97. The molecule has 0 spiro atoms. The lowest BCUT2D eigenvalue weighted by Gasteiger charge is -2.03. The van der Waals surface area contributed by atoms with E-state index in [-0.39, 0.29) is 11.3 Å². The van der Waals surface area contributed by atoms with Crippen LogP contribution in [0.3, 0.4) is 0 Å². The van der Waals surface area contributed by atoms with Crippen molar-refractivity contribution in [2.45, 2.75) is 0 Å². The quantitative estimate of drug-likeness (QED) is 0.640. The van der Waals surface area contributed by atoms with Crippen molar-refractivity contribution in [3.63, 3.8) is 0 Å². The molecule has 0 aliphatic carbocycles. The summed E-state index contributed by atoms with van der Waals surface area (Å²) < 4.78 is 1.40. The first-order chi connectivity index (χ1) is 6.20. The minimum atomic E-state index is -0.260. The third kappa shape index (κ3) is 1.07. The first-order valence-corrected chi connectivity index (χ1v) is 3.84. The van der Waals surface area contributed by atoms with Crippen LogP contribution >= 0.6 is 0 Å². The smallest absolute Gasteiger partial charge is 0.255 e. The van der Waals surface area contributed by atoms with Crippen LogP contribution in [0.4, 0.5) is 0 Å². The van der Waals surface area contributed by atoms with E-state index in [9.17, 15) is 9.90 Å². The van der Waals surface area contributed by atoms with Gasteiger partial charge in [0.05, 0.1) is 5.39 Å². The number of pyridine rings is 2. The van der Waals surface area contributed by atoms with Crippen molar-refractivity contribution >= 4 is 11.0 Å². The van der Waals surface area contributed by atoms with E-state index >= 15 is 0 Å². The van der Waals surface area contributed by atoms with Gasteiger partial charge in [0, 0.05) is 19.3 Å². The molecule has 4 nitrogen and oxygen atoms in total. The number of aromatic hydroxyl groups is 1. The summed E-state index contributed by atoms with van der Waals surface area (Å²) in [4.78, 5) is 15.2. The Labute approximate surface area is 74.1 Å². The Bertz CT molecular complexity index is 516. The molecular formula is C9H8N2O2. The van der Waals surface area contributed by atoms with Gasteiger partial charge in [0.1, 0.15) is 11.4 Å². The van der Waals surface area contributed by atoms with Crippen LogP contribution < -0.4 is 5.56 Å². The standard InChI is InChI=1S/C9H8N2O2/c1-11-8(13)5-7(12)6-3-2-4-10-9(6)11/h2-5,12H,1H3. The van der Waals surface area contributed by atoms with E-state index in [1.807, 2.05) is 0 Å². The topological polar surface area (TPSA) is 55.1 Å². The van der Waals surface area contributed by atoms with E-state index < -0.39 is 0 Å². The Morgan fingerprint density at radius 3 is 3.08 bits per heavy atom. The van der Waals surface area contributed by atoms with Gasteiger partial charge in [0.25, 0.3) is 5.56 Å². The molecule has 2 aromatic rings. The predicted octanol–water partition coefficient (Wildman–Crippen LogP) is 0.639. The van der Waals surface area contributed by atoms with Crippen LogP contribution in [0.15, 0.2) is 29.2 Å². The molecule has 1 N–H and O–H groups in total. The Hall–Kier alpha value is -1.84. The van der Waals surface area contributed by atoms with E-state index in [0.717, 1.165) is 0 Å². The molecule has 4 heteroatoms. The molecule has 0 amide bonds. The van der Waals surface area contributed by atoms with Crippen molar-refractivity contribution in [2.24, 2.45) is 7.05 Å². The van der Waals surface area contributed by atoms with Crippen LogP contribution in [0, 0.1) is 0 Å². The molecule has 0 unspecified atom stereocenters. The van der Waals surface area contributed by atoms with Crippen molar-refractivity contribution in [1.29, 1.82) is 0 Å². The summed E-state index contributed by atoms with van der Waals surface area (Å²) in [6.45, 7) is 0. The van der Waals surface area contributed by atoms with Gasteiger partial charge in [-0.3, -0.25) is 9.36 Å². The van der Waals surface area contributed by atoms with Crippen LogP contribution in [0.5, 0.6) is 5.75 Å². The summed E-state index contributed by atoms with van der Waals surface area (Å²) in [7, 11) is 1.62. The van der Waals surface area contributed by atoms with Gasteiger partial charge in [-0.25, -0.2) is 4.98 Å². The molecule has 0 fully saturated rings. The molecule has 2 aromatic heterocycles. The molecule has 13 heavy (non-hydrogen) atoms. The first-order valence-electron chi connectivity index (χ1n) is 3.84. The minimum absolute atomic E-state index is 0.0220. The second-order valence-electron chi connectivity index (χ2n) is 2.80. The molecule has 0 saturated carbocycles. The SMILES string of the molecule is Cn1c(=O)cc(O)c2cccnc21. The van der Waals surface area contributed by atoms with Crippen LogP contribution in [0.2, 0.25) is 0 Å². The fraction of sp³-hybridized carbons (Fsp3) is 0.111. The van der Waals surface area contributed by atoms with Gasteiger partial charge in [-0.05, 0) is 12.1 Å². The van der Waals surface area contributed by atoms with Crippen LogP contribution in [-0.2, 0) is 7.05 Å². The van der Waals surface area contributed by atoms with Gasteiger partial charge < -0.3 is 5.11 Å². The zero-order valence-electron chi connectivity index (χ0n) is 7.06. The van der Waals surface area contributed by atoms with Gasteiger partial charge in [-0.15, -0.1) is 0 Å². The van der Waals surface area contributed by atoms with Crippen LogP contribution in [-0.4, -0.2) is 14.7 Å². The Morgan fingerprint density at radius 2 is 2.31 bits per heavy atom. The van der Waals surface area contributed by atoms with Crippen molar-refractivity contribution in [3.05, 3.63) is 34.7 Å². The average molecular weight is 176 g/mol. The number of nitrogens with zero attached hydrogens (tertiary/aromatic N) is 2. The van der Waals surface area contributed by atoms with E-state index in [4.69, 9.17) is 0 Å². The highest BCUT2D eigenvalue weighted by atomic mass is 16.3. The highest BCUT2D eigenvalue weighted by Crippen LogP contribution is 2.18. The highest BCUT2D eigenvalue weighted by molar-refractivity contribution is 5.81. The number of rotatable bonds is 0. The fourth-order valence-corrected chi connectivity index (χ4v) is 1.26. The minimum Gasteiger partial charge on any atom is -0.507 e. The second-order valence-corrected chi connectivity index (χ2v) is 2.80. The number of hydrogen-bond donors (Lipinski definition) is 1. The summed E-state index contributed by atoms with van der Waals surface area (Å²) in [5.74, 6) is -0.0220. The Balaban J connectivity index is 3.06. The van der Waals surface area contributed by atoms with Crippen molar-refractivity contribution in [2.75, 3.05) is 0 Å².